The molecule has 2 fully saturated rings. The lowest BCUT2D eigenvalue weighted by molar-refractivity contribution is -0.161. The van der Waals surface area contributed by atoms with Gasteiger partial charge in [0.15, 0.2) is 0 Å². The molecule has 7 nitrogen and oxygen atoms in total. The van der Waals surface area contributed by atoms with Crippen LogP contribution in [0.15, 0.2) is 0 Å². The molecule has 2 aliphatic rings. The summed E-state index contributed by atoms with van der Waals surface area (Å²) in [5.74, 6) is -1.03. The fourth-order valence-corrected chi connectivity index (χ4v) is 6.31. The van der Waals surface area contributed by atoms with E-state index in [1.165, 1.54) is 12.8 Å². The molecule has 2 unspecified atom stereocenters. The normalized spacial score (nSPS) is 26.2. The Balaban J connectivity index is 1.85. The maximum absolute atomic E-state index is 13.7. The standard InChI is InChI=1S/C15H22F5NO6S2/c16-14(17,28(23,24)21-29(25,26)15(18,19)20)13(22)27-6-2-5-12-8-10-3-1-4-11(7-10)9-12/h10-12,21H,1-9H2. The number of alkyl halides is 5. The van der Waals surface area contributed by atoms with E-state index < -0.39 is 43.4 Å². The summed E-state index contributed by atoms with van der Waals surface area (Å²) in [5.41, 5.74) is -6.15. The Hall–Kier alpha value is -1.02. The van der Waals surface area contributed by atoms with Crippen molar-refractivity contribution in [3.05, 3.63) is 0 Å². The first-order valence-electron chi connectivity index (χ1n) is 9.05. The van der Waals surface area contributed by atoms with Crippen LogP contribution >= 0.6 is 0 Å². The lowest BCUT2D eigenvalue weighted by Crippen LogP contribution is -2.51. The zero-order chi connectivity index (χ0) is 22.1. The summed E-state index contributed by atoms with van der Waals surface area (Å²) in [6.45, 7) is -0.554. The van der Waals surface area contributed by atoms with Crippen LogP contribution < -0.4 is 4.13 Å². The van der Waals surface area contributed by atoms with Crippen molar-refractivity contribution in [2.45, 2.75) is 62.1 Å². The lowest BCUT2D eigenvalue weighted by Gasteiger charge is -2.39. The Morgan fingerprint density at radius 1 is 0.931 bits per heavy atom. The molecule has 1 N–H and O–H groups in total. The van der Waals surface area contributed by atoms with E-state index >= 15 is 0 Å². The SMILES string of the molecule is O=C(OCCCC1CC2CCCC(C1)C2)C(F)(F)S(=O)(=O)NS(=O)(=O)C(F)(F)F. The fraction of sp³-hybridized carbons (Fsp3) is 0.933. The van der Waals surface area contributed by atoms with Gasteiger partial charge in [-0.2, -0.15) is 22.0 Å². The largest absolute Gasteiger partial charge is 0.512 e. The van der Waals surface area contributed by atoms with Gasteiger partial charge in [0.25, 0.3) is 0 Å². The molecule has 0 spiro atoms. The first-order chi connectivity index (χ1) is 13.2. The highest BCUT2D eigenvalue weighted by Gasteiger charge is 2.59. The van der Waals surface area contributed by atoms with Crippen molar-refractivity contribution in [3.8, 4) is 0 Å². The second kappa shape index (κ2) is 8.61. The first-order valence-corrected chi connectivity index (χ1v) is 12.0. The van der Waals surface area contributed by atoms with Gasteiger partial charge in [0.2, 0.25) is 0 Å². The fourth-order valence-electron chi connectivity index (χ4n) is 4.08. The average molecular weight is 471 g/mol. The Morgan fingerprint density at radius 2 is 1.48 bits per heavy atom. The lowest BCUT2D eigenvalue weighted by atomic mass is 9.67. The van der Waals surface area contributed by atoms with Crippen molar-refractivity contribution in [2.75, 3.05) is 6.61 Å². The predicted molar refractivity (Wildman–Crippen MR) is 90.3 cm³/mol. The van der Waals surface area contributed by atoms with E-state index in [0.717, 1.165) is 25.7 Å². The number of hydrogen-bond donors (Lipinski definition) is 1. The van der Waals surface area contributed by atoms with Crippen LogP contribution in [0, 0.1) is 17.8 Å². The van der Waals surface area contributed by atoms with E-state index in [2.05, 4.69) is 4.74 Å². The summed E-state index contributed by atoms with van der Waals surface area (Å²) in [7, 11) is -13.2. The maximum atomic E-state index is 13.7. The van der Waals surface area contributed by atoms with Gasteiger partial charge < -0.3 is 4.74 Å². The molecule has 0 aromatic rings. The molecule has 29 heavy (non-hydrogen) atoms. The molecule has 14 heteroatoms. The molecule has 2 atom stereocenters. The van der Waals surface area contributed by atoms with Gasteiger partial charge >= 0.3 is 36.8 Å². The van der Waals surface area contributed by atoms with Gasteiger partial charge in [-0.25, -0.2) is 21.6 Å². The summed E-state index contributed by atoms with van der Waals surface area (Å²) < 4.78 is 112. The van der Waals surface area contributed by atoms with Crippen LogP contribution in [0.4, 0.5) is 22.0 Å². The van der Waals surface area contributed by atoms with Crippen LogP contribution in [-0.4, -0.2) is 40.2 Å². The summed E-state index contributed by atoms with van der Waals surface area (Å²) >= 11 is 0. The topological polar surface area (TPSA) is 107 Å². The molecule has 0 saturated heterocycles. The Morgan fingerprint density at radius 3 is 2.00 bits per heavy atom. The summed E-state index contributed by atoms with van der Waals surface area (Å²) in [5, 5.41) is -5.51. The van der Waals surface area contributed by atoms with Crippen LogP contribution in [0.25, 0.3) is 0 Å². The van der Waals surface area contributed by atoms with E-state index in [1.54, 1.807) is 0 Å². The van der Waals surface area contributed by atoms with E-state index in [9.17, 15) is 43.6 Å². The monoisotopic (exact) mass is 471 g/mol. The molecular formula is C15H22F5NO6S2. The van der Waals surface area contributed by atoms with E-state index in [0.29, 0.717) is 24.2 Å². The van der Waals surface area contributed by atoms with Crippen LogP contribution in [0.5, 0.6) is 0 Å². The number of esters is 1. The average Bonchev–Trinajstić information content (AvgIpc) is 2.56. The number of carbonyl (C=O) groups excluding carboxylic acids is 1. The summed E-state index contributed by atoms with van der Waals surface area (Å²) in [6, 6.07) is 0. The van der Waals surface area contributed by atoms with Crippen molar-refractivity contribution >= 4 is 26.0 Å². The first kappa shape index (κ1) is 24.3. The number of sulfonamides is 2. The minimum Gasteiger partial charge on any atom is -0.460 e. The van der Waals surface area contributed by atoms with Gasteiger partial charge in [-0.15, -0.1) is 0 Å². The van der Waals surface area contributed by atoms with Crippen molar-refractivity contribution in [1.82, 2.24) is 4.13 Å². The van der Waals surface area contributed by atoms with Crippen LogP contribution in [-0.2, 0) is 29.6 Å². The third kappa shape index (κ3) is 5.78. The third-order valence-electron chi connectivity index (χ3n) is 5.31. The molecule has 0 aromatic heterocycles. The van der Waals surface area contributed by atoms with Crippen molar-refractivity contribution in [1.29, 1.82) is 0 Å². The molecule has 2 rings (SSSR count). The third-order valence-corrected chi connectivity index (χ3v) is 8.52. The minimum atomic E-state index is -6.65. The van der Waals surface area contributed by atoms with Crippen LogP contribution in [0.3, 0.4) is 0 Å². The van der Waals surface area contributed by atoms with Crippen molar-refractivity contribution in [2.24, 2.45) is 17.8 Å². The molecule has 2 aliphatic carbocycles. The second-order valence-corrected chi connectivity index (χ2v) is 11.2. The Bertz CT molecular complexity index is 800. The molecule has 0 aliphatic heterocycles. The van der Waals surface area contributed by atoms with Gasteiger partial charge in [-0.3, -0.25) is 0 Å². The smallest absolute Gasteiger partial charge is 0.460 e. The van der Waals surface area contributed by atoms with Crippen molar-refractivity contribution < 1.29 is 48.3 Å². The molecular weight excluding hydrogens is 449 g/mol. The number of nitrogens with one attached hydrogen (secondary N) is 1. The molecule has 170 valence electrons. The maximum Gasteiger partial charge on any atom is 0.512 e. The van der Waals surface area contributed by atoms with Crippen LogP contribution in [0.2, 0.25) is 0 Å². The molecule has 0 heterocycles. The molecule has 0 radical (unpaired) electrons. The van der Waals surface area contributed by atoms with Gasteiger partial charge in [-0.05, 0) is 49.9 Å². The van der Waals surface area contributed by atoms with Crippen molar-refractivity contribution in [3.63, 3.8) is 0 Å². The van der Waals surface area contributed by atoms with Gasteiger partial charge in [-0.1, -0.05) is 23.4 Å². The van der Waals surface area contributed by atoms with Crippen LogP contribution in [0.1, 0.15) is 51.4 Å². The minimum absolute atomic E-state index is 0.173. The van der Waals surface area contributed by atoms with Gasteiger partial charge in [0, 0.05) is 0 Å². The predicted octanol–water partition coefficient (Wildman–Crippen LogP) is 2.89. The van der Waals surface area contributed by atoms with E-state index in [-0.39, 0.29) is 10.5 Å². The number of hydrogen-bond acceptors (Lipinski definition) is 6. The zero-order valence-corrected chi connectivity index (χ0v) is 16.9. The van der Waals surface area contributed by atoms with E-state index in [1.807, 2.05) is 0 Å². The number of halogens is 5. The number of rotatable bonds is 8. The quantitative estimate of drug-likeness (QED) is 0.332. The highest BCUT2D eigenvalue weighted by Crippen LogP contribution is 2.43. The van der Waals surface area contributed by atoms with Gasteiger partial charge in [0.05, 0.1) is 6.61 Å². The Kier molecular flexibility index (Phi) is 7.20. The molecule has 2 bridgehead atoms. The number of ether oxygens (including phenoxy) is 1. The number of fused-ring (bicyclic) bond motifs is 2. The Labute approximate surface area is 165 Å². The zero-order valence-electron chi connectivity index (χ0n) is 15.3. The highest BCUT2D eigenvalue weighted by molar-refractivity contribution is 8.05. The number of carbonyl (C=O) groups is 1. The second-order valence-electron chi connectivity index (χ2n) is 7.57. The molecule has 0 amide bonds. The van der Waals surface area contributed by atoms with Gasteiger partial charge in [0.1, 0.15) is 0 Å². The summed E-state index contributed by atoms with van der Waals surface area (Å²) in [4.78, 5) is 11.4. The molecule has 0 aromatic carbocycles. The molecule has 2 saturated carbocycles. The van der Waals surface area contributed by atoms with E-state index in [4.69, 9.17) is 0 Å². The summed E-state index contributed by atoms with van der Waals surface area (Å²) in [6.07, 6.45) is 7.44. The highest BCUT2D eigenvalue weighted by atomic mass is 32.3.